The molecule has 0 amide bonds. The molecular formula is C22H34. The van der Waals surface area contributed by atoms with E-state index in [2.05, 4.69) is 70.7 Å². The minimum absolute atomic E-state index is 0.657. The number of allylic oxidation sites excluding steroid dienone is 4. The number of aryl methyl sites for hydroxylation is 1. The fraction of sp³-hybridized carbons (Fsp3) is 0.455. The highest BCUT2D eigenvalue weighted by Gasteiger charge is 2.02. The van der Waals surface area contributed by atoms with Gasteiger partial charge in [0.05, 0.1) is 0 Å². The van der Waals surface area contributed by atoms with Crippen molar-refractivity contribution in [3.05, 3.63) is 64.8 Å². The summed E-state index contributed by atoms with van der Waals surface area (Å²) in [5, 5.41) is 0. The Labute approximate surface area is 138 Å². The van der Waals surface area contributed by atoms with Crippen LogP contribution in [0, 0.1) is 5.92 Å². The molecule has 122 valence electrons. The van der Waals surface area contributed by atoms with Crippen molar-refractivity contribution in [3.63, 3.8) is 0 Å². The second kappa shape index (κ2) is 11.1. The van der Waals surface area contributed by atoms with Crippen LogP contribution in [0.1, 0.15) is 65.2 Å². The van der Waals surface area contributed by atoms with Crippen LogP contribution < -0.4 is 0 Å². The molecule has 0 aromatic heterocycles. The summed E-state index contributed by atoms with van der Waals surface area (Å²) < 4.78 is 0. The van der Waals surface area contributed by atoms with Gasteiger partial charge in [-0.3, -0.25) is 0 Å². The van der Waals surface area contributed by atoms with Gasteiger partial charge in [0.25, 0.3) is 0 Å². The molecule has 22 heavy (non-hydrogen) atoms. The maximum atomic E-state index is 3.75. The smallest absolute Gasteiger partial charge is 0.00882 e. The topological polar surface area (TPSA) is 0 Å². The first-order valence-corrected chi connectivity index (χ1v) is 8.56. The average molecular weight is 299 g/mol. The van der Waals surface area contributed by atoms with Gasteiger partial charge in [-0.2, -0.15) is 0 Å². The molecule has 0 fully saturated rings. The molecule has 2 rings (SSSR count). The summed E-state index contributed by atoms with van der Waals surface area (Å²) in [6.45, 7) is 18.4. The molecule has 0 saturated heterocycles. The van der Waals surface area contributed by atoms with Crippen molar-refractivity contribution in [2.24, 2.45) is 5.92 Å². The highest BCUT2D eigenvalue weighted by atomic mass is 14.1. The minimum Gasteiger partial charge on any atom is -0.0999 e. The van der Waals surface area contributed by atoms with Crippen molar-refractivity contribution in [1.29, 1.82) is 0 Å². The van der Waals surface area contributed by atoms with E-state index >= 15 is 0 Å². The lowest BCUT2D eigenvalue weighted by Gasteiger charge is -2.05. The van der Waals surface area contributed by atoms with Gasteiger partial charge in [0.15, 0.2) is 0 Å². The third kappa shape index (κ3) is 7.45. The lowest BCUT2D eigenvalue weighted by molar-refractivity contribution is 0.773. The van der Waals surface area contributed by atoms with E-state index in [-0.39, 0.29) is 0 Å². The minimum atomic E-state index is 0.657. The highest BCUT2D eigenvalue weighted by molar-refractivity contribution is 5.61. The zero-order chi connectivity index (χ0) is 17.1. The number of fused-ring (bicyclic) bond motifs is 1. The van der Waals surface area contributed by atoms with Crippen LogP contribution in [0.4, 0.5) is 0 Å². The van der Waals surface area contributed by atoms with Gasteiger partial charge in [-0.1, -0.05) is 88.8 Å². The molecule has 0 heteroatoms. The van der Waals surface area contributed by atoms with E-state index in [0.717, 1.165) is 12.8 Å². The van der Waals surface area contributed by atoms with E-state index in [1.807, 2.05) is 20.8 Å². The first kappa shape index (κ1) is 20.4. The summed E-state index contributed by atoms with van der Waals surface area (Å²) >= 11 is 0. The van der Waals surface area contributed by atoms with E-state index < -0.39 is 0 Å². The van der Waals surface area contributed by atoms with Crippen molar-refractivity contribution in [1.82, 2.24) is 0 Å². The summed E-state index contributed by atoms with van der Waals surface area (Å²) in [6, 6.07) is 6.80. The van der Waals surface area contributed by atoms with Gasteiger partial charge in [0.2, 0.25) is 0 Å². The fourth-order valence-electron chi connectivity index (χ4n) is 1.86. The number of hydrogen-bond donors (Lipinski definition) is 0. The average Bonchev–Trinajstić information content (AvgIpc) is 2.69. The normalized spacial score (nSPS) is 12.1. The van der Waals surface area contributed by atoms with Crippen LogP contribution >= 0.6 is 0 Å². The van der Waals surface area contributed by atoms with Gasteiger partial charge in [-0.05, 0) is 49.3 Å². The summed E-state index contributed by atoms with van der Waals surface area (Å²) in [5.74, 6) is 0.657. The molecule has 0 spiro atoms. The zero-order valence-electron chi connectivity index (χ0n) is 15.7. The Balaban J connectivity index is 0.000000470. The standard InChI is InChI=1S/C14H16.C6H12.C2H6/c1-3-12-7-8-14-9-11(2)5-4-6-13(14)10-12;1-5(2)6(3)4;1-2/h4-5,7-10H,3,6H2,1-2H3;6H,1H2,2-4H3;1-2H3. The highest BCUT2D eigenvalue weighted by Crippen LogP contribution is 2.20. The van der Waals surface area contributed by atoms with Crippen LogP contribution in [-0.4, -0.2) is 0 Å². The van der Waals surface area contributed by atoms with Gasteiger partial charge < -0.3 is 0 Å². The number of hydrogen-bond acceptors (Lipinski definition) is 0. The SMILES string of the molecule is C=C(C)C(C)C.CC.CCc1ccc2c(c1)CC=CC(C)=C2. The zero-order valence-corrected chi connectivity index (χ0v) is 15.7. The molecule has 0 N–H and O–H groups in total. The quantitative estimate of drug-likeness (QED) is 0.515. The maximum Gasteiger partial charge on any atom is -0.00882 e. The maximum absolute atomic E-state index is 3.75. The third-order valence-corrected chi connectivity index (χ3v) is 3.70. The molecule has 0 unspecified atom stereocenters. The van der Waals surface area contributed by atoms with E-state index in [4.69, 9.17) is 0 Å². The molecule has 0 atom stereocenters. The van der Waals surface area contributed by atoms with Crippen molar-refractivity contribution in [2.45, 2.75) is 61.3 Å². The Morgan fingerprint density at radius 3 is 2.32 bits per heavy atom. The summed E-state index contributed by atoms with van der Waals surface area (Å²) in [6.07, 6.45) is 8.90. The predicted octanol–water partition coefficient (Wildman–Crippen LogP) is 7.01. The molecule has 1 aromatic rings. The Bertz CT molecular complexity index is 513. The first-order valence-electron chi connectivity index (χ1n) is 8.56. The second-order valence-electron chi connectivity index (χ2n) is 5.88. The first-order chi connectivity index (χ1) is 10.4. The van der Waals surface area contributed by atoms with Crippen molar-refractivity contribution >= 4 is 6.08 Å². The Morgan fingerprint density at radius 1 is 1.23 bits per heavy atom. The number of benzene rings is 1. The molecule has 1 aliphatic rings. The van der Waals surface area contributed by atoms with Crippen LogP contribution in [0.5, 0.6) is 0 Å². The van der Waals surface area contributed by atoms with Gasteiger partial charge in [0, 0.05) is 0 Å². The molecule has 1 aliphatic carbocycles. The lowest BCUT2D eigenvalue weighted by Crippen LogP contribution is -1.89. The van der Waals surface area contributed by atoms with E-state index in [0.29, 0.717) is 5.92 Å². The van der Waals surface area contributed by atoms with Crippen LogP contribution in [-0.2, 0) is 12.8 Å². The second-order valence-corrected chi connectivity index (χ2v) is 5.88. The molecule has 0 nitrogen and oxygen atoms in total. The van der Waals surface area contributed by atoms with Crippen LogP contribution in [0.15, 0.2) is 48.1 Å². The van der Waals surface area contributed by atoms with E-state index in [1.165, 1.54) is 27.8 Å². The Hall–Kier alpha value is -1.56. The third-order valence-electron chi connectivity index (χ3n) is 3.70. The molecule has 0 heterocycles. The summed E-state index contributed by atoms with van der Waals surface area (Å²) in [5.41, 5.74) is 6.87. The van der Waals surface area contributed by atoms with Crippen molar-refractivity contribution < 1.29 is 0 Å². The largest absolute Gasteiger partial charge is 0.0999 e. The van der Waals surface area contributed by atoms with Crippen LogP contribution in [0.2, 0.25) is 0 Å². The van der Waals surface area contributed by atoms with Gasteiger partial charge in [0.1, 0.15) is 0 Å². The monoisotopic (exact) mass is 298 g/mol. The van der Waals surface area contributed by atoms with Crippen LogP contribution in [0.3, 0.4) is 0 Å². The molecule has 0 aliphatic heterocycles. The van der Waals surface area contributed by atoms with Gasteiger partial charge >= 0.3 is 0 Å². The van der Waals surface area contributed by atoms with Crippen molar-refractivity contribution in [2.75, 3.05) is 0 Å². The van der Waals surface area contributed by atoms with Crippen molar-refractivity contribution in [3.8, 4) is 0 Å². The predicted molar refractivity (Wildman–Crippen MR) is 103 cm³/mol. The molecule has 1 aromatic carbocycles. The van der Waals surface area contributed by atoms with Gasteiger partial charge in [-0.15, -0.1) is 0 Å². The van der Waals surface area contributed by atoms with Gasteiger partial charge in [-0.25, -0.2) is 0 Å². The van der Waals surface area contributed by atoms with E-state index in [9.17, 15) is 0 Å². The number of rotatable bonds is 2. The Kier molecular flexibility index (Phi) is 10.3. The molecule has 0 radical (unpaired) electrons. The summed E-state index contributed by atoms with van der Waals surface area (Å²) in [7, 11) is 0. The van der Waals surface area contributed by atoms with Crippen LogP contribution in [0.25, 0.3) is 6.08 Å². The fourth-order valence-corrected chi connectivity index (χ4v) is 1.86. The molecule has 0 saturated carbocycles. The lowest BCUT2D eigenvalue weighted by atomic mass is 10.0. The summed E-state index contributed by atoms with van der Waals surface area (Å²) in [4.78, 5) is 0. The molecular weight excluding hydrogens is 264 g/mol. The molecule has 0 bridgehead atoms. The van der Waals surface area contributed by atoms with E-state index in [1.54, 1.807) is 0 Å². The Morgan fingerprint density at radius 2 is 1.82 bits per heavy atom.